The fourth-order valence-electron chi connectivity index (χ4n) is 4.47. The van der Waals surface area contributed by atoms with E-state index in [1.54, 1.807) is 0 Å². The Kier molecular flexibility index (Phi) is 5.66. The van der Waals surface area contributed by atoms with E-state index in [9.17, 15) is 4.79 Å². The highest BCUT2D eigenvalue weighted by Crippen LogP contribution is 2.66. The number of carbonyl (C=O) groups is 1. The van der Waals surface area contributed by atoms with Gasteiger partial charge in [-0.15, -0.1) is 0 Å². The molecule has 0 spiro atoms. The summed E-state index contributed by atoms with van der Waals surface area (Å²) in [6.45, 7) is 4.26. The van der Waals surface area contributed by atoms with Gasteiger partial charge in [0.25, 0.3) is 0 Å². The van der Waals surface area contributed by atoms with Crippen molar-refractivity contribution in [3.63, 3.8) is 0 Å². The molecule has 0 amide bonds. The molecule has 0 saturated carbocycles. The van der Waals surface area contributed by atoms with Gasteiger partial charge in [-0.05, 0) is 50.2 Å². The smallest absolute Gasteiger partial charge is 0.206 e. The van der Waals surface area contributed by atoms with Gasteiger partial charge in [0.2, 0.25) is 5.78 Å². The third-order valence-electron chi connectivity index (χ3n) is 5.86. The molecule has 30 heavy (non-hydrogen) atoms. The Bertz CT molecular complexity index is 1010. The zero-order valence-electron chi connectivity index (χ0n) is 17.4. The Morgan fingerprint density at radius 1 is 0.533 bits per heavy atom. The van der Waals surface area contributed by atoms with Crippen LogP contribution < -0.4 is 15.9 Å². The molecule has 0 saturated heterocycles. The molecule has 1 nitrogen and oxygen atoms in total. The molecule has 0 aromatic heterocycles. The van der Waals surface area contributed by atoms with Crippen LogP contribution in [0.4, 0.5) is 0 Å². The standard InChI is InChI=1S/C28H26OP/c1-28(2,27(29)23-15-7-3-8-16-23)30(24-17-9-4-10-18-24,25-19-11-5-12-20-25)26-21-13-6-14-22-26/h3-22H,1-2H3/q+1. The van der Waals surface area contributed by atoms with Gasteiger partial charge in [0.15, 0.2) is 5.16 Å². The van der Waals surface area contributed by atoms with E-state index < -0.39 is 12.4 Å². The molecule has 4 rings (SSSR count). The van der Waals surface area contributed by atoms with Crippen molar-refractivity contribution in [2.45, 2.75) is 19.0 Å². The molecule has 0 atom stereocenters. The summed E-state index contributed by atoms with van der Waals surface area (Å²) in [6.07, 6.45) is 0. The normalized spacial score (nSPS) is 11.8. The molecule has 0 N–H and O–H groups in total. The van der Waals surface area contributed by atoms with Gasteiger partial charge in [0, 0.05) is 5.56 Å². The summed E-state index contributed by atoms with van der Waals surface area (Å²) in [7, 11) is -2.33. The Balaban J connectivity index is 2.08. The fourth-order valence-corrected chi connectivity index (χ4v) is 9.59. The Labute approximate surface area is 179 Å². The van der Waals surface area contributed by atoms with Gasteiger partial charge in [-0.3, -0.25) is 4.79 Å². The molecule has 0 heterocycles. The first-order chi connectivity index (χ1) is 14.6. The van der Waals surface area contributed by atoms with Crippen molar-refractivity contribution in [2.24, 2.45) is 0 Å². The zero-order valence-corrected chi connectivity index (χ0v) is 18.3. The molecule has 0 aliphatic heterocycles. The maximum absolute atomic E-state index is 14.1. The maximum Gasteiger partial charge on any atom is 0.206 e. The van der Waals surface area contributed by atoms with E-state index in [4.69, 9.17) is 0 Å². The first-order valence-electron chi connectivity index (χ1n) is 10.2. The predicted molar refractivity (Wildman–Crippen MR) is 130 cm³/mol. The molecule has 0 aliphatic rings. The summed E-state index contributed by atoms with van der Waals surface area (Å²) in [4.78, 5) is 14.1. The van der Waals surface area contributed by atoms with Crippen LogP contribution in [0.5, 0.6) is 0 Å². The zero-order chi connectivity index (χ0) is 21.0. The van der Waals surface area contributed by atoms with E-state index in [0.29, 0.717) is 0 Å². The van der Waals surface area contributed by atoms with E-state index in [1.807, 2.05) is 48.5 Å². The van der Waals surface area contributed by atoms with Crippen molar-refractivity contribution in [2.75, 3.05) is 0 Å². The molecular formula is C28H26OP+. The van der Waals surface area contributed by atoms with Crippen LogP contribution in [-0.4, -0.2) is 10.9 Å². The minimum atomic E-state index is -2.33. The van der Waals surface area contributed by atoms with Crippen molar-refractivity contribution < 1.29 is 4.79 Å². The van der Waals surface area contributed by atoms with Gasteiger partial charge in [-0.2, -0.15) is 0 Å². The number of hydrogen-bond donors (Lipinski definition) is 0. The number of ketones is 1. The van der Waals surface area contributed by atoms with Crippen LogP contribution in [0.2, 0.25) is 0 Å². The van der Waals surface area contributed by atoms with Crippen LogP contribution in [0.15, 0.2) is 121 Å². The summed E-state index contributed by atoms with van der Waals surface area (Å²) in [5.41, 5.74) is 0.759. The molecule has 0 fully saturated rings. The lowest BCUT2D eigenvalue weighted by molar-refractivity contribution is 0.0955. The summed E-state index contributed by atoms with van der Waals surface area (Å²) in [5.74, 6) is 0.174. The summed E-state index contributed by atoms with van der Waals surface area (Å²) in [6, 6.07) is 41.4. The second-order valence-corrected chi connectivity index (χ2v) is 11.9. The van der Waals surface area contributed by atoms with Crippen LogP contribution >= 0.6 is 7.26 Å². The second-order valence-electron chi connectivity index (χ2n) is 7.93. The summed E-state index contributed by atoms with van der Waals surface area (Å²) < 4.78 is 0. The van der Waals surface area contributed by atoms with Crippen molar-refractivity contribution in [1.29, 1.82) is 0 Å². The average molecular weight is 409 g/mol. The monoisotopic (exact) mass is 409 g/mol. The molecule has 0 radical (unpaired) electrons. The van der Waals surface area contributed by atoms with Crippen molar-refractivity contribution in [1.82, 2.24) is 0 Å². The molecule has 2 heteroatoms. The first-order valence-corrected chi connectivity index (χ1v) is 12.0. The van der Waals surface area contributed by atoms with Gasteiger partial charge in [-0.25, -0.2) is 0 Å². The largest absolute Gasteiger partial charge is 0.289 e. The highest BCUT2D eigenvalue weighted by atomic mass is 31.2. The number of hydrogen-bond acceptors (Lipinski definition) is 1. The van der Waals surface area contributed by atoms with Crippen LogP contribution in [0.3, 0.4) is 0 Å². The third kappa shape index (κ3) is 3.30. The minimum Gasteiger partial charge on any atom is -0.289 e. The second kappa shape index (κ2) is 8.38. The van der Waals surface area contributed by atoms with E-state index in [2.05, 4.69) is 86.6 Å². The fraction of sp³-hybridized carbons (Fsp3) is 0.107. The quantitative estimate of drug-likeness (QED) is 0.297. The lowest BCUT2D eigenvalue weighted by Crippen LogP contribution is -2.48. The van der Waals surface area contributed by atoms with Gasteiger partial charge >= 0.3 is 0 Å². The molecule has 0 unspecified atom stereocenters. The highest BCUT2D eigenvalue weighted by Gasteiger charge is 2.61. The summed E-state index contributed by atoms with van der Waals surface area (Å²) in [5, 5.41) is 3.02. The van der Waals surface area contributed by atoms with Gasteiger partial charge in [0.1, 0.15) is 23.2 Å². The Morgan fingerprint density at radius 3 is 1.17 bits per heavy atom. The van der Waals surface area contributed by atoms with E-state index in [-0.39, 0.29) is 5.78 Å². The van der Waals surface area contributed by atoms with Gasteiger partial charge in [-0.1, -0.05) is 84.9 Å². The van der Waals surface area contributed by atoms with E-state index >= 15 is 0 Å². The molecular weight excluding hydrogens is 383 g/mol. The lowest BCUT2D eigenvalue weighted by Gasteiger charge is -2.39. The molecule has 0 bridgehead atoms. The van der Waals surface area contributed by atoms with Crippen LogP contribution in [-0.2, 0) is 0 Å². The van der Waals surface area contributed by atoms with Crippen LogP contribution in [0.1, 0.15) is 24.2 Å². The number of Topliss-reactive ketones (excluding diaryl/α,β-unsaturated/α-hetero) is 1. The van der Waals surface area contributed by atoms with Crippen molar-refractivity contribution in [3.8, 4) is 0 Å². The Hall–Kier alpha value is -3.02. The first kappa shape index (κ1) is 20.3. The number of benzene rings is 4. The maximum atomic E-state index is 14.1. The van der Waals surface area contributed by atoms with Gasteiger partial charge in [0.05, 0.1) is 0 Å². The molecule has 4 aromatic rings. The van der Waals surface area contributed by atoms with Crippen molar-refractivity contribution >= 4 is 29.0 Å². The van der Waals surface area contributed by atoms with Crippen molar-refractivity contribution in [3.05, 3.63) is 127 Å². The summed E-state index contributed by atoms with van der Waals surface area (Å²) >= 11 is 0. The minimum absolute atomic E-state index is 0.174. The SMILES string of the molecule is CC(C)(C(=O)c1ccccc1)[P+](c1ccccc1)(c1ccccc1)c1ccccc1. The molecule has 0 aliphatic carbocycles. The molecule has 148 valence electrons. The van der Waals surface area contributed by atoms with Crippen LogP contribution in [0, 0.1) is 0 Å². The average Bonchev–Trinajstić information content (AvgIpc) is 2.81. The number of rotatable bonds is 6. The van der Waals surface area contributed by atoms with Crippen LogP contribution in [0.25, 0.3) is 0 Å². The Morgan fingerprint density at radius 2 is 0.833 bits per heavy atom. The topological polar surface area (TPSA) is 17.1 Å². The number of carbonyl (C=O) groups excluding carboxylic acids is 1. The lowest BCUT2D eigenvalue weighted by atomic mass is 10.0. The van der Waals surface area contributed by atoms with E-state index in [0.717, 1.165) is 5.56 Å². The highest BCUT2D eigenvalue weighted by molar-refractivity contribution is 7.97. The molecule has 4 aromatic carbocycles. The van der Waals surface area contributed by atoms with Gasteiger partial charge < -0.3 is 0 Å². The third-order valence-corrected chi connectivity index (χ3v) is 11.0. The predicted octanol–water partition coefficient (Wildman–Crippen LogP) is 5.64. The van der Waals surface area contributed by atoms with E-state index in [1.165, 1.54) is 15.9 Å².